The van der Waals surface area contributed by atoms with Crippen molar-refractivity contribution in [1.29, 1.82) is 0 Å². The van der Waals surface area contributed by atoms with Gasteiger partial charge in [0.05, 0.1) is 11.4 Å². The first-order chi connectivity index (χ1) is 14.0. The third-order valence-electron chi connectivity index (χ3n) is 4.19. The molecule has 0 aliphatic heterocycles. The zero-order chi connectivity index (χ0) is 20.4. The third-order valence-corrected chi connectivity index (χ3v) is 5.48. The van der Waals surface area contributed by atoms with E-state index in [1.54, 1.807) is 35.7 Å². The molecule has 1 amide bonds. The maximum atomic E-state index is 12.4. The van der Waals surface area contributed by atoms with Gasteiger partial charge in [-0.2, -0.15) is 0 Å². The minimum atomic E-state index is -0.319. The van der Waals surface area contributed by atoms with Crippen LogP contribution in [-0.2, 0) is 11.2 Å². The minimum absolute atomic E-state index is 0.157. The fourth-order valence-electron chi connectivity index (χ4n) is 2.84. The molecule has 0 aliphatic rings. The first-order valence-electron chi connectivity index (χ1n) is 8.61. The molecule has 0 bridgehead atoms. The van der Waals surface area contributed by atoms with E-state index in [0.29, 0.717) is 32.8 Å². The van der Waals surface area contributed by atoms with Gasteiger partial charge >= 0.3 is 4.87 Å². The molecule has 2 aromatic carbocycles. The molecular formula is C21H14Cl2N2O3S. The van der Waals surface area contributed by atoms with Crippen LogP contribution in [0.3, 0.4) is 0 Å². The summed E-state index contributed by atoms with van der Waals surface area (Å²) >= 11 is 13.3. The lowest BCUT2D eigenvalue weighted by atomic mass is 10.1. The highest BCUT2D eigenvalue weighted by molar-refractivity contribution is 7.07. The van der Waals surface area contributed by atoms with Crippen LogP contribution in [0.25, 0.3) is 22.8 Å². The number of hydrogen-bond donors (Lipinski definition) is 1. The van der Waals surface area contributed by atoms with Crippen molar-refractivity contribution in [2.45, 2.75) is 6.42 Å². The van der Waals surface area contributed by atoms with E-state index in [9.17, 15) is 9.59 Å². The molecule has 0 saturated heterocycles. The van der Waals surface area contributed by atoms with Gasteiger partial charge in [0.25, 0.3) is 0 Å². The smallest absolute Gasteiger partial charge is 0.326 e. The monoisotopic (exact) mass is 444 g/mol. The zero-order valence-electron chi connectivity index (χ0n) is 14.9. The van der Waals surface area contributed by atoms with E-state index in [-0.39, 0.29) is 17.2 Å². The molecule has 29 heavy (non-hydrogen) atoms. The van der Waals surface area contributed by atoms with Crippen molar-refractivity contribution < 1.29 is 9.21 Å². The van der Waals surface area contributed by atoms with Gasteiger partial charge in [-0.1, -0.05) is 64.9 Å². The number of halogens is 2. The van der Waals surface area contributed by atoms with Gasteiger partial charge in [-0.15, -0.1) is 0 Å². The molecule has 146 valence electrons. The molecule has 4 rings (SSSR count). The van der Waals surface area contributed by atoms with E-state index in [4.69, 9.17) is 27.6 Å². The topological polar surface area (TPSA) is 64.2 Å². The molecule has 0 aliphatic carbocycles. The summed E-state index contributed by atoms with van der Waals surface area (Å²) in [6.45, 7) is 0. The van der Waals surface area contributed by atoms with Gasteiger partial charge in [-0.25, -0.2) is 4.68 Å². The van der Waals surface area contributed by atoms with Gasteiger partial charge in [-0.05, 0) is 35.9 Å². The van der Waals surface area contributed by atoms with Crippen LogP contribution >= 0.6 is 34.5 Å². The average molecular weight is 445 g/mol. The Hall–Kier alpha value is -2.80. The Morgan fingerprint density at radius 1 is 1.03 bits per heavy atom. The summed E-state index contributed by atoms with van der Waals surface area (Å²) in [6, 6.07) is 17.8. The van der Waals surface area contributed by atoms with Crippen LogP contribution < -0.4 is 10.3 Å². The van der Waals surface area contributed by atoms with Crippen molar-refractivity contribution in [3.05, 3.63) is 91.3 Å². The van der Waals surface area contributed by atoms with Crippen molar-refractivity contribution in [3.63, 3.8) is 0 Å². The van der Waals surface area contributed by atoms with Crippen LogP contribution in [0.2, 0.25) is 10.0 Å². The minimum Gasteiger partial charge on any atom is -0.454 e. The number of nitrogens with zero attached hydrogens (tertiary/aromatic N) is 1. The fraction of sp³-hybridized carbons (Fsp3) is 0.0476. The van der Waals surface area contributed by atoms with Gasteiger partial charge in [-0.3, -0.25) is 15.0 Å². The number of thiazole rings is 1. The van der Waals surface area contributed by atoms with Gasteiger partial charge in [0.1, 0.15) is 11.5 Å². The van der Waals surface area contributed by atoms with Crippen molar-refractivity contribution in [2.24, 2.45) is 0 Å². The van der Waals surface area contributed by atoms with Crippen molar-refractivity contribution >= 4 is 40.4 Å². The highest BCUT2D eigenvalue weighted by atomic mass is 35.5. The molecule has 0 spiro atoms. The molecule has 2 aromatic heterocycles. The maximum absolute atomic E-state index is 12.4. The lowest BCUT2D eigenvalue weighted by Gasteiger charge is -2.08. The molecular weight excluding hydrogens is 431 g/mol. The standard InChI is InChI=1S/C21H14Cl2N2O3S/c22-14-6-7-16(23)15(11-14)18-8-9-19(28-18)17-12-29-21(27)25(17)24-20(26)10-13-4-2-1-3-5-13/h1-9,11-12H,10H2,(H,24,26). The van der Waals surface area contributed by atoms with Crippen molar-refractivity contribution in [2.75, 3.05) is 5.43 Å². The number of rotatable bonds is 5. The predicted molar refractivity (Wildman–Crippen MR) is 116 cm³/mol. The van der Waals surface area contributed by atoms with Crippen LogP contribution in [0.15, 0.2) is 75.3 Å². The molecule has 0 unspecified atom stereocenters. The predicted octanol–water partition coefficient (Wildman–Crippen LogP) is 5.46. The van der Waals surface area contributed by atoms with Crippen LogP contribution in [-0.4, -0.2) is 10.6 Å². The summed E-state index contributed by atoms with van der Waals surface area (Å²) < 4.78 is 7.09. The van der Waals surface area contributed by atoms with E-state index in [1.165, 1.54) is 4.68 Å². The number of carbonyl (C=O) groups excluding carboxylic acids is 1. The number of carbonyl (C=O) groups is 1. The van der Waals surface area contributed by atoms with E-state index >= 15 is 0 Å². The SMILES string of the molecule is O=C(Cc1ccccc1)Nn1c(-c2ccc(-c3cc(Cl)ccc3Cl)o2)csc1=O. The second-order valence-electron chi connectivity index (χ2n) is 6.21. The van der Waals surface area contributed by atoms with Crippen LogP contribution in [0.1, 0.15) is 5.56 Å². The van der Waals surface area contributed by atoms with Gasteiger partial charge in [0.15, 0.2) is 5.76 Å². The van der Waals surface area contributed by atoms with E-state index in [1.807, 2.05) is 30.3 Å². The lowest BCUT2D eigenvalue weighted by molar-refractivity contribution is -0.116. The van der Waals surface area contributed by atoms with Crippen LogP contribution in [0.5, 0.6) is 0 Å². The van der Waals surface area contributed by atoms with E-state index < -0.39 is 0 Å². The summed E-state index contributed by atoms with van der Waals surface area (Å²) in [4.78, 5) is 24.3. The van der Waals surface area contributed by atoms with E-state index in [2.05, 4.69) is 5.43 Å². The Balaban J connectivity index is 1.61. The molecule has 0 fully saturated rings. The van der Waals surface area contributed by atoms with Crippen LogP contribution in [0, 0.1) is 0 Å². The normalized spacial score (nSPS) is 10.8. The molecule has 0 radical (unpaired) electrons. The average Bonchev–Trinajstić information content (AvgIpc) is 3.32. The molecule has 2 heterocycles. The number of aromatic nitrogens is 1. The molecule has 5 nitrogen and oxygen atoms in total. The van der Waals surface area contributed by atoms with Crippen molar-refractivity contribution in [1.82, 2.24) is 4.68 Å². The number of furan rings is 1. The quantitative estimate of drug-likeness (QED) is 0.444. The number of nitrogens with one attached hydrogen (secondary N) is 1. The largest absolute Gasteiger partial charge is 0.454 e. The highest BCUT2D eigenvalue weighted by Gasteiger charge is 2.17. The molecule has 4 aromatic rings. The maximum Gasteiger partial charge on any atom is 0.326 e. The zero-order valence-corrected chi connectivity index (χ0v) is 17.2. The first kappa shape index (κ1) is 19.5. The Morgan fingerprint density at radius 2 is 1.79 bits per heavy atom. The van der Waals surface area contributed by atoms with Gasteiger partial charge < -0.3 is 4.42 Å². The fourth-order valence-corrected chi connectivity index (χ4v) is 3.90. The summed E-state index contributed by atoms with van der Waals surface area (Å²) in [5.74, 6) is 0.630. The van der Waals surface area contributed by atoms with Crippen LogP contribution in [0.4, 0.5) is 0 Å². The number of hydrogen-bond acceptors (Lipinski definition) is 4. The summed E-state index contributed by atoms with van der Waals surface area (Å²) in [6.07, 6.45) is 0.157. The second-order valence-corrected chi connectivity index (χ2v) is 7.87. The Morgan fingerprint density at radius 3 is 2.59 bits per heavy atom. The molecule has 8 heteroatoms. The summed E-state index contributed by atoms with van der Waals surface area (Å²) in [5, 5.41) is 2.66. The third kappa shape index (κ3) is 4.29. The van der Waals surface area contributed by atoms with Crippen molar-refractivity contribution in [3.8, 4) is 22.8 Å². The number of amides is 1. The van der Waals surface area contributed by atoms with E-state index in [0.717, 1.165) is 16.9 Å². The molecule has 0 atom stereocenters. The Kier molecular flexibility index (Phi) is 5.58. The molecule has 0 saturated carbocycles. The Labute approximate surface area is 180 Å². The highest BCUT2D eigenvalue weighted by Crippen LogP contribution is 2.34. The second kappa shape index (κ2) is 8.29. The Bertz CT molecular complexity index is 1230. The lowest BCUT2D eigenvalue weighted by Crippen LogP contribution is -2.31. The summed E-state index contributed by atoms with van der Waals surface area (Å²) in [5.41, 5.74) is 4.59. The number of benzene rings is 2. The van der Waals surface area contributed by atoms with Gasteiger partial charge in [0.2, 0.25) is 5.91 Å². The summed E-state index contributed by atoms with van der Waals surface area (Å²) in [7, 11) is 0. The first-order valence-corrected chi connectivity index (χ1v) is 10.2. The van der Waals surface area contributed by atoms with Gasteiger partial charge in [0, 0.05) is 16.0 Å². The molecule has 1 N–H and O–H groups in total.